The van der Waals surface area contributed by atoms with Crippen molar-refractivity contribution < 1.29 is 14.3 Å². The Morgan fingerprint density at radius 2 is 1.74 bits per heavy atom. The van der Waals surface area contributed by atoms with Crippen LogP contribution in [0.2, 0.25) is 0 Å². The van der Waals surface area contributed by atoms with Crippen LogP contribution in [0.4, 0.5) is 0 Å². The van der Waals surface area contributed by atoms with Crippen molar-refractivity contribution in [2.75, 3.05) is 0 Å². The summed E-state index contributed by atoms with van der Waals surface area (Å²) < 4.78 is 11.5. The number of hydrogen-bond acceptors (Lipinski definition) is 3. The fourth-order valence-corrected chi connectivity index (χ4v) is 2.97. The molecule has 0 spiro atoms. The van der Waals surface area contributed by atoms with E-state index in [2.05, 4.69) is 12.1 Å². The average Bonchev–Trinajstić information content (AvgIpc) is 2.60. The molecule has 0 aliphatic carbocycles. The van der Waals surface area contributed by atoms with Gasteiger partial charge in [-0.05, 0) is 28.8 Å². The molecule has 0 aromatic heterocycles. The Hall–Kier alpha value is -2.81. The normalized spacial score (nSPS) is 13.5. The zero-order valence-electron chi connectivity index (χ0n) is 12.6. The Labute approximate surface area is 134 Å². The summed E-state index contributed by atoms with van der Waals surface area (Å²) in [5.41, 5.74) is 2.14. The van der Waals surface area contributed by atoms with Crippen LogP contribution in [0.15, 0.2) is 60.7 Å². The molecule has 0 atom stereocenters. The molecule has 1 aliphatic rings. The van der Waals surface area contributed by atoms with Crippen LogP contribution in [0.25, 0.3) is 10.8 Å². The number of aryl methyl sites for hydroxylation is 1. The van der Waals surface area contributed by atoms with E-state index in [-0.39, 0.29) is 5.97 Å². The highest BCUT2D eigenvalue weighted by atomic mass is 16.6. The van der Waals surface area contributed by atoms with Crippen LogP contribution in [0.1, 0.15) is 17.5 Å². The predicted octanol–water partition coefficient (Wildman–Crippen LogP) is 4.27. The van der Waals surface area contributed by atoms with Gasteiger partial charge >= 0.3 is 5.97 Å². The minimum Gasteiger partial charge on any atom is -0.485 e. The maximum Gasteiger partial charge on any atom is 0.311 e. The third-order valence-electron chi connectivity index (χ3n) is 4.10. The van der Waals surface area contributed by atoms with Gasteiger partial charge in [0.05, 0.1) is 6.42 Å². The van der Waals surface area contributed by atoms with Crippen LogP contribution in [0.5, 0.6) is 11.5 Å². The van der Waals surface area contributed by atoms with Crippen molar-refractivity contribution in [3.63, 3.8) is 0 Å². The van der Waals surface area contributed by atoms with Gasteiger partial charge in [0.2, 0.25) is 0 Å². The summed E-state index contributed by atoms with van der Waals surface area (Å²) >= 11 is 0. The van der Waals surface area contributed by atoms with E-state index in [4.69, 9.17) is 9.47 Å². The lowest BCUT2D eigenvalue weighted by Crippen LogP contribution is -2.17. The van der Waals surface area contributed by atoms with E-state index in [1.165, 1.54) is 0 Å². The zero-order valence-corrected chi connectivity index (χ0v) is 12.6. The van der Waals surface area contributed by atoms with Gasteiger partial charge in [-0.25, -0.2) is 0 Å². The van der Waals surface area contributed by atoms with Gasteiger partial charge < -0.3 is 9.47 Å². The molecule has 0 amide bonds. The van der Waals surface area contributed by atoms with Crippen LogP contribution >= 0.6 is 0 Å². The van der Waals surface area contributed by atoms with Gasteiger partial charge in [-0.2, -0.15) is 0 Å². The average molecular weight is 304 g/mol. The first-order chi connectivity index (χ1) is 11.3. The molecule has 0 unspecified atom stereocenters. The zero-order chi connectivity index (χ0) is 15.6. The largest absolute Gasteiger partial charge is 0.485 e. The molecule has 3 aromatic carbocycles. The topological polar surface area (TPSA) is 35.5 Å². The Balaban J connectivity index is 1.76. The number of benzene rings is 3. The van der Waals surface area contributed by atoms with Gasteiger partial charge in [0.25, 0.3) is 0 Å². The van der Waals surface area contributed by atoms with E-state index >= 15 is 0 Å². The summed E-state index contributed by atoms with van der Waals surface area (Å²) in [7, 11) is 0. The highest BCUT2D eigenvalue weighted by molar-refractivity contribution is 5.92. The molecule has 1 aliphatic heterocycles. The summed E-state index contributed by atoms with van der Waals surface area (Å²) in [6.45, 7) is 0.448. The van der Waals surface area contributed by atoms with Crippen molar-refractivity contribution in [2.24, 2.45) is 0 Å². The number of rotatable bonds is 3. The molecular formula is C20H16O3. The molecule has 4 rings (SSSR count). The fourth-order valence-electron chi connectivity index (χ4n) is 2.97. The first-order valence-corrected chi connectivity index (χ1v) is 7.73. The van der Waals surface area contributed by atoms with E-state index in [0.29, 0.717) is 30.9 Å². The van der Waals surface area contributed by atoms with Gasteiger partial charge in [0, 0.05) is 5.56 Å². The summed E-state index contributed by atoms with van der Waals surface area (Å²) in [4.78, 5) is 11.7. The molecule has 1 heterocycles. The van der Waals surface area contributed by atoms with Crippen LogP contribution < -0.4 is 9.47 Å². The lowest BCUT2D eigenvalue weighted by Gasteiger charge is -2.21. The van der Waals surface area contributed by atoms with Crippen molar-refractivity contribution in [1.29, 1.82) is 0 Å². The van der Waals surface area contributed by atoms with E-state index < -0.39 is 0 Å². The van der Waals surface area contributed by atoms with E-state index in [1.807, 2.05) is 48.5 Å². The lowest BCUT2D eigenvalue weighted by atomic mass is 9.97. The fraction of sp³-hybridized carbons (Fsp3) is 0.150. The monoisotopic (exact) mass is 304 g/mol. The van der Waals surface area contributed by atoms with Gasteiger partial charge in [-0.3, -0.25) is 4.79 Å². The second-order valence-corrected chi connectivity index (χ2v) is 5.65. The molecule has 3 nitrogen and oxygen atoms in total. The van der Waals surface area contributed by atoms with Crippen LogP contribution in [0, 0.1) is 0 Å². The number of esters is 1. The van der Waals surface area contributed by atoms with Crippen molar-refractivity contribution in [2.45, 2.75) is 19.4 Å². The molecule has 3 aromatic rings. The maximum atomic E-state index is 11.7. The smallest absolute Gasteiger partial charge is 0.311 e. The molecule has 0 fully saturated rings. The molecule has 3 heteroatoms. The lowest BCUT2D eigenvalue weighted by molar-refractivity contribution is -0.135. The Bertz CT molecular complexity index is 869. The Kier molecular flexibility index (Phi) is 3.46. The number of ether oxygens (including phenoxy) is 2. The first-order valence-electron chi connectivity index (χ1n) is 7.73. The molecule has 0 bridgehead atoms. The van der Waals surface area contributed by atoms with E-state index in [9.17, 15) is 4.79 Å². The van der Waals surface area contributed by atoms with Gasteiger partial charge in [0.15, 0.2) is 11.5 Å². The number of carbonyl (C=O) groups excluding carboxylic acids is 1. The highest BCUT2D eigenvalue weighted by Gasteiger charge is 2.23. The van der Waals surface area contributed by atoms with Crippen molar-refractivity contribution in [1.82, 2.24) is 0 Å². The Morgan fingerprint density at radius 1 is 0.957 bits per heavy atom. The van der Waals surface area contributed by atoms with Gasteiger partial charge in [0.1, 0.15) is 6.61 Å². The quantitative estimate of drug-likeness (QED) is 0.535. The highest BCUT2D eigenvalue weighted by Crippen LogP contribution is 2.41. The second kappa shape index (κ2) is 5.76. The Morgan fingerprint density at radius 3 is 2.61 bits per heavy atom. The minimum atomic E-state index is -0.197. The van der Waals surface area contributed by atoms with Gasteiger partial charge in [-0.15, -0.1) is 0 Å². The van der Waals surface area contributed by atoms with Crippen molar-refractivity contribution in [3.05, 3.63) is 71.8 Å². The third-order valence-corrected chi connectivity index (χ3v) is 4.10. The van der Waals surface area contributed by atoms with Gasteiger partial charge in [-0.1, -0.05) is 54.6 Å². The molecule has 23 heavy (non-hydrogen) atoms. The first kappa shape index (κ1) is 13.8. The summed E-state index contributed by atoms with van der Waals surface area (Å²) in [5, 5.41) is 2.23. The molecule has 0 saturated carbocycles. The predicted molar refractivity (Wildman–Crippen MR) is 88.7 cm³/mol. The van der Waals surface area contributed by atoms with Crippen molar-refractivity contribution in [3.8, 4) is 11.5 Å². The van der Waals surface area contributed by atoms with Crippen LogP contribution in [-0.4, -0.2) is 5.97 Å². The molecule has 114 valence electrons. The van der Waals surface area contributed by atoms with Crippen molar-refractivity contribution >= 4 is 16.7 Å². The standard InChI is InChI=1S/C20H16O3/c21-19-11-10-17-16-9-5-4-8-15(16)12-18(20(17)23-19)22-13-14-6-2-1-3-7-14/h1-9,12H,10-11,13H2. The summed E-state index contributed by atoms with van der Waals surface area (Å²) in [6, 6.07) is 20.0. The maximum absolute atomic E-state index is 11.7. The third kappa shape index (κ3) is 2.66. The van der Waals surface area contributed by atoms with E-state index in [0.717, 1.165) is 21.9 Å². The SMILES string of the molecule is O=C1CCc2c(c(OCc3ccccc3)cc3ccccc23)O1. The van der Waals surface area contributed by atoms with Crippen LogP contribution in [-0.2, 0) is 17.8 Å². The molecule has 0 N–H and O–H groups in total. The molecule has 0 radical (unpaired) electrons. The number of hydrogen-bond donors (Lipinski definition) is 0. The summed E-state index contributed by atoms with van der Waals surface area (Å²) in [5.74, 6) is 1.02. The summed E-state index contributed by atoms with van der Waals surface area (Å²) in [6.07, 6.45) is 1.11. The number of fused-ring (bicyclic) bond motifs is 3. The molecular weight excluding hydrogens is 288 g/mol. The minimum absolute atomic E-state index is 0.197. The van der Waals surface area contributed by atoms with Crippen LogP contribution in [0.3, 0.4) is 0 Å². The van der Waals surface area contributed by atoms with E-state index in [1.54, 1.807) is 0 Å². The second-order valence-electron chi connectivity index (χ2n) is 5.65. The number of carbonyl (C=O) groups is 1. The molecule has 0 saturated heterocycles.